The molecule has 0 fully saturated rings. The summed E-state index contributed by atoms with van der Waals surface area (Å²) in [5, 5.41) is 3.04. The molecular weight excluding hydrogens is 380 g/mol. The van der Waals surface area contributed by atoms with E-state index >= 15 is 0 Å². The highest BCUT2D eigenvalue weighted by Crippen LogP contribution is 2.36. The average molecular weight is 399 g/mol. The Kier molecular flexibility index (Phi) is 5.99. The molecule has 26 heavy (non-hydrogen) atoms. The van der Waals surface area contributed by atoms with Gasteiger partial charge in [0.05, 0.1) is 42.4 Å². The van der Waals surface area contributed by atoms with Crippen molar-refractivity contribution in [2.75, 3.05) is 37.1 Å². The fourth-order valence-electron chi connectivity index (χ4n) is 2.27. The van der Waals surface area contributed by atoms with Crippen molar-refractivity contribution in [2.45, 2.75) is 0 Å². The molecule has 0 bridgehead atoms. The van der Waals surface area contributed by atoms with Gasteiger partial charge < -0.3 is 14.8 Å². The molecule has 0 aromatic heterocycles. The van der Waals surface area contributed by atoms with Gasteiger partial charge in [-0.25, -0.2) is 8.42 Å². The molecule has 7 nitrogen and oxygen atoms in total. The number of ether oxygens (including phenoxy) is 2. The molecular formula is C17H19ClN2O5S. The van der Waals surface area contributed by atoms with Gasteiger partial charge in [0, 0.05) is 19.2 Å². The molecule has 140 valence electrons. The van der Waals surface area contributed by atoms with Crippen LogP contribution in [-0.2, 0) is 10.0 Å². The number of nitrogens with one attached hydrogen (secondary N) is 1. The minimum atomic E-state index is -3.52. The van der Waals surface area contributed by atoms with Crippen molar-refractivity contribution in [3.8, 4) is 11.5 Å². The Hall–Kier alpha value is -2.45. The minimum absolute atomic E-state index is 0.191. The molecule has 1 amide bonds. The number of benzene rings is 2. The molecule has 9 heteroatoms. The zero-order chi connectivity index (χ0) is 19.5. The maximum Gasteiger partial charge on any atom is 0.257 e. The molecule has 0 heterocycles. The van der Waals surface area contributed by atoms with E-state index in [0.29, 0.717) is 22.2 Å². The lowest BCUT2D eigenvalue weighted by molar-refractivity contribution is 0.102. The Labute approximate surface area is 157 Å². The number of hydrogen-bond acceptors (Lipinski definition) is 5. The molecule has 0 saturated carbocycles. The monoisotopic (exact) mass is 398 g/mol. The second kappa shape index (κ2) is 7.84. The second-order valence-electron chi connectivity index (χ2n) is 5.39. The summed E-state index contributed by atoms with van der Waals surface area (Å²) in [6, 6.07) is 9.43. The predicted molar refractivity (Wildman–Crippen MR) is 102 cm³/mol. The van der Waals surface area contributed by atoms with Gasteiger partial charge in [0.2, 0.25) is 10.0 Å². The van der Waals surface area contributed by atoms with Crippen LogP contribution in [-0.4, -0.2) is 41.8 Å². The van der Waals surface area contributed by atoms with E-state index in [4.69, 9.17) is 21.1 Å². The first-order chi connectivity index (χ1) is 12.2. The van der Waals surface area contributed by atoms with Crippen LogP contribution in [0.25, 0.3) is 0 Å². The van der Waals surface area contributed by atoms with Crippen molar-refractivity contribution in [3.05, 3.63) is 47.0 Å². The Morgan fingerprint density at radius 2 is 1.73 bits per heavy atom. The van der Waals surface area contributed by atoms with Crippen molar-refractivity contribution in [2.24, 2.45) is 0 Å². The summed E-state index contributed by atoms with van der Waals surface area (Å²) < 4.78 is 35.1. The van der Waals surface area contributed by atoms with Crippen LogP contribution < -0.4 is 19.1 Å². The fraction of sp³-hybridized carbons (Fsp3) is 0.235. The molecule has 1 N–H and O–H groups in total. The largest absolute Gasteiger partial charge is 0.495 e. The van der Waals surface area contributed by atoms with Gasteiger partial charge in [-0.3, -0.25) is 9.10 Å². The van der Waals surface area contributed by atoms with Crippen molar-refractivity contribution in [3.63, 3.8) is 0 Å². The van der Waals surface area contributed by atoms with Crippen LogP contribution in [0.15, 0.2) is 36.4 Å². The number of nitrogens with zero attached hydrogens (tertiary/aromatic N) is 1. The van der Waals surface area contributed by atoms with Crippen molar-refractivity contribution in [1.29, 1.82) is 0 Å². The summed E-state index contributed by atoms with van der Waals surface area (Å²) in [7, 11) is 0.757. The lowest BCUT2D eigenvalue weighted by Gasteiger charge is -2.20. The van der Waals surface area contributed by atoms with Crippen molar-refractivity contribution < 1.29 is 22.7 Å². The molecule has 0 atom stereocenters. The van der Waals surface area contributed by atoms with Gasteiger partial charge in [-0.15, -0.1) is 0 Å². The summed E-state index contributed by atoms with van der Waals surface area (Å²) in [5.41, 5.74) is 0.791. The normalized spacial score (nSPS) is 11.0. The minimum Gasteiger partial charge on any atom is -0.495 e. The standard InChI is InChI=1S/C17H19ClN2O5S/c1-20(26(4,22)23)14-8-6-5-7-11(14)17(21)19-13-10-15(24-2)12(18)9-16(13)25-3/h5-10H,1-4H3,(H,19,21). The van der Waals surface area contributed by atoms with E-state index in [-0.39, 0.29) is 11.3 Å². The third-order valence-electron chi connectivity index (χ3n) is 3.71. The van der Waals surface area contributed by atoms with Gasteiger partial charge >= 0.3 is 0 Å². The Morgan fingerprint density at radius 1 is 1.12 bits per heavy atom. The van der Waals surface area contributed by atoms with E-state index in [1.54, 1.807) is 18.2 Å². The number of para-hydroxylation sites is 1. The van der Waals surface area contributed by atoms with Crippen LogP contribution in [0.2, 0.25) is 5.02 Å². The summed E-state index contributed by atoms with van der Waals surface area (Å²) in [6.07, 6.45) is 1.06. The summed E-state index contributed by atoms with van der Waals surface area (Å²) >= 11 is 6.06. The smallest absolute Gasteiger partial charge is 0.257 e. The Bertz CT molecular complexity index is 931. The first-order valence-corrected chi connectivity index (χ1v) is 9.67. The number of sulfonamides is 1. The summed E-state index contributed by atoms with van der Waals surface area (Å²) in [6.45, 7) is 0. The second-order valence-corrected chi connectivity index (χ2v) is 7.81. The topological polar surface area (TPSA) is 84.9 Å². The number of carbonyl (C=O) groups excluding carboxylic acids is 1. The lowest BCUT2D eigenvalue weighted by Crippen LogP contribution is -2.27. The van der Waals surface area contributed by atoms with Crippen molar-refractivity contribution >= 4 is 38.9 Å². The first kappa shape index (κ1) is 19.9. The van der Waals surface area contributed by atoms with E-state index in [9.17, 15) is 13.2 Å². The van der Waals surface area contributed by atoms with Crippen LogP contribution in [0.4, 0.5) is 11.4 Å². The van der Waals surface area contributed by atoms with E-state index in [2.05, 4.69) is 5.32 Å². The van der Waals surface area contributed by atoms with Gasteiger partial charge in [0.25, 0.3) is 5.91 Å². The number of anilines is 2. The number of carbonyl (C=O) groups is 1. The highest BCUT2D eigenvalue weighted by atomic mass is 35.5. The van der Waals surface area contributed by atoms with Gasteiger partial charge in [-0.2, -0.15) is 0 Å². The molecule has 0 radical (unpaired) electrons. The van der Waals surface area contributed by atoms with E-state index < -0.39 is 15.9 Å². The Morgan fingerprint density at radius 3 is 2.31 bits per heavy atom. The van der Waals surface area contributed by atoms with Gasteiger partial charge in [-0.1, -0.05) is 23.7 Å². The molecule has 0 aliphatic carbocycles. The molecule has 2 rings (SSSR count). The fourth-order valence-corrected chi connectivity index (χ4v) is 3.01. The van der Waals surface area contributed by atoms with Gasteiger partial charge in [0.15, 0.2) is 0 Å². The predicted octanol–water partition coefficient (Wildman–Crippen LogP) is 3.01. The third-order valence-corrected chi connectivity index (χ3v) is 5.19. The first-order valence-electron chi connectivity index (χ1n) is 7.44. The number of hydrogen-bond donors (Lipinski definition) is 1. The molecule has 0 unspecified atom stereocenters. The lowest BCUT2D eigenvalue weighted by atomic mass is 10.1. The summed E-state index contributed by atoms with van der Waals surface area (Å²) in [4.78, 5) is 12.8. The van der Waals surface area contributed by atoms with Crippen LogP contribution in [0.3, 0.4) is 0 Å². The molecule has 2 aromatic rings. The summed E-state index contributed by atoms with van der Waals surface area (Å²) in [5.74, 6) is 0.209. The zero-order valence-electron chi connectivity index (χ0n) is 14.7. The number of amides is 1. The SMILES string of the molecule is COc1cc(NC(=O)c2ccccc2N(C)S(C)(=O)=O)c(OC)cc1Cl. The number of methoxy groups -OCH3 is 2. The van der Waals surface area contributed by atoms with Crippen LogP contribution in [0.1, 0.15) is 10.4 Å². The van der Waals surface area contributed by atoms with Gasteiger partial charge in [-0.05, 0) is 12.1 Å². The highest BCUT2D eigenvalue weighted by molar-refractivity contribution is 7.92. The number of halogens is 1. The third kappa shape index (κ3) is 4.20. The maximum absolute atomic E-state index is 12.8. The van der Waals surface area contributed by atoms with E-state index in [0.717, 1.165) is 10.6 Å². The quantitative estimate of drug-likeness (QED) is 0.808. The molecule has 0 saturated heterocycles. The molecule has 2 aromatic carbocycles. The average Bonchev–Trinajstić information content (AvgIpc) is 2.61. The highest BCUT2D eigenvalue weighted by Gasteiger charge is 2.21. The molecule has 0 spiro atoms. The van der Waals surface area contributed by atoms with Crippen LogP contribution >= 0.6 is 11.6 Å². The van der Waals surface area contributed by atoms with E-state index in [1.165, 1.54) is 39.5 Å². The molecule has 0 aliphatic heterocycles. The molecule has 0 aliphatic rings. The van der Waals surface area contributed by atoms with Crippen molar-refractivity contribution in [1.82, 2.24) is 0 Å². The van der Waals surface area contributed by atoms with Crippen LogP contribution in [0, 0.1) is 0 Å². The van der Waals surface area contributed by atoms with Crippen LogP contribution in [0.5, 0.6) is 11.5 Å². The zero-order valence-corrected chi connectivity index (χ0v) is 16.3. The number of rotatable bonds is 6. The Balaban J connectivity index is 2.44. The van der Waals surface area contributed by atoms with E-state index in [1.807, 2.05) is 0 Å². The maximum atomic E-state index is 12.8. The van der Waals surface area contributed by atoms with Gasteiger partial charge in [0.1, 0.15) is 11.5 Å².